The lowest BCUT2D eigenvalue weighted by molar-refractivity contribution is 0.557. The molecule has 96 valence electrons. The number of hydrogen-bond donors (Lipinski definition) is 1. The van der Waals surface area contributed by atoms with Gasteiger partial charge in [0.2, 0.25) is 0 Å². The first kappa shape index (κ1) is 13.6. The minimum Gasteiger partial charge on any atom is -0.232 e. The topological polar surface area (TPSA) is 59.1 Å². The van der Waals surface area contributed by atoms with E-state index in [0.717, 1.165) is 30.6 Å². The van der Waals surface area contributed by atoms with E-state index in [9.17, 15) is 8.42 Å². The Morgan fingerprint density at radius 2 is 2.35 bits per heavy atom. The van der Waals surface area contributed by atoms with Gasteiger partial charge in [-0.15, -0.1) is 0 Å². The number of rotatable bonds is 4. The van der Waals surface area contributed by atoms with Gasteiger partial charge in [-0.25, -0.2) is 18.1 Å². The summed E-state index contributed by atoms with van der Waals surface area (Å²) in [7, 11) is -3.46. The van der Waals surface area contributed by atoms with Crippen LogP contribution in [0, 0.1) is 0 Å². The number of nitrogens with one attached hydrogen (secondary N) is 1. The Balaban J connectivity index is 2.12. The van der Waals surface area contributed by atoms with Gasteiger partial charge in [-0.05, 0) is 19.1 Å². The third-order valence-electron chi connectivity index (χ3n) is 2.78. The maximum Gasteiger partial charge on any atom is 0.251 e. The highest BCUT2D eigenvalue weighted by molar-refractivity contribution is 7.99. The van der Waals surface area contributed by atoms with Crippen molar-refractivity contribution in [3.8, 4) is 0 Å². The Labute approximate surface area is 114 Å². The lowest BCUT2D eigenvalue weighted by Gasteiger charge is -2.18. The Morgan fingerprint density at radius 3 is 2.94 bits per heavy atom. The van der Waals surface area contributed by atoms with Crippen LogP contribution in [0.4, 0.5) is 0 Å². The third-order valence-corrected chi connectivity index (χ3v) is 7.02. The van der Waals surface area contributed by atoms with Crippen molar-refractivity contribution in [3.63, 3.8) is 0 Å². The molecular weight excluding hydrogens is 300 g/mol. The van der Waals surface area contributed by atoms with E-state index in [4.69, 9.17) is 11.6 Å². The van der Waals surface area contributed by atoms with E-state index in [-0.39, 0.29) is 14.7 Å². The Bertz CT molecular complexity index is 488. The first-order chi connectivity index (χ1) is 8.03. The van der Waals surface area contributed by atoms with Gasteiger partial charge in [0.15, 0.2) is 8.68 Å². The van der Waals surface area contributed by atoms with Gasteiger partial charge in [-0.2, -0.15) is 11.8 Å². The minimum atomic E-state index is -3.46. The van der Waals surface area contributed by atoms with E-state index in [1.165, 1.54) is 6.20 Å². The van der Waals surface area contributed by atoms with Crippen molar-refractivity contribution in [1.29, 1.82) is 0 Å². The van der Waals surface area contributed by atoms with Gasteiger partial charge < -0.3 is 0 Å². The van der Waals surface area contributed by atoms with Crippen molar-refractivity contribution >= 4 is 44.7 Å². The molecule has 0 bridgehead atoms. The molecule has 0 saturated heterocycles. The Hall–Kier alpha value is 0.180. The summed E-state index contributed by atoms with van der Waals surface area (Å²) >= 11 is 8.35. The van der Waals surface area contributed by atoms with Crippen LogP contribution in [0.3, 0.4) is 0 Å². The van der Waals surface area contributed by atoms with Crippen molar-refractivity contribution in [1.82, 2.24) is 9.71 Å². The molecule has 1 aliphatic rings. The molecule has 0 aromatic carbocycles. The lowest BCUT2D eigenvalue weighted by Crippen LogP contribution is -2.38. The number of thiazole rings is 1. The molecule has 1 fully saturated rings. The van der Waals surface area contributed by atoms with Gasteiger partial charge in [0.05, 0.1) is 6.20 Å². The van der Waals surface area contributed by atoms with Crippen LogP contribution in [0.1, 0.15) is 19.3 Å². The number of hydrogen-bond acceptors (Lipinski definition) is 5. The zero-order chi connectivity index (χ0) is 12.5. The molecule has 2 rings (SSSR count). The van der Waals surface area contributed by atoms with Crippen molar-refractivity contribution < 1.29 is 8.42 Å². The molecule has 1 saturated carbocycles. The number of nitrogens with zero attached hydrogens (tertiary/aromatic N) is 1. The monoisotopic (exact) mass is 312 g/mol. The highest BCUT2D eigenvalue weighted by atomic mass is 35.5. The van der Waals surface area contributed by atoms with E-state index in [2.05, 4.69) is 9.71 Å². The highest BCUT2D eigenvalue weighted by Gasteiger charge is 2.31. The molecule has 1 heterocycles. The average Bonchev–Trinajstić information content (AvgIpc) is 2.86. The van der Waals surface area contributed by atoms with Crippen molar-refractivity contribution in [3.05, 3.63) is 10.7 Å². The van der Waals surface area contributed by atoms with Crippen molar-refractivity contribution in [2.45, 2.75) is 34.8 Å². The quantitative estimate of drug-likeness (QED) is 0.927. The summed E-state index contributed by atoms with van der Waals surface area (Å²) in [6.45, 7) is 0. The zero-order valence-electron chi connectivity index (χ0n) is 9.22. The second-order valence-corrected chi connectivity index (χ2v) is 8.50. The predicted octanol–water partition coefficient (Wildman–Crippen LogP) is 2.36. The molecule has 0 spiro atoms. The van der Waals surface area contributed by atoms with Crippen molar-refractivity contribution in [2.75, 3.05) is 6.26 Å². The largest absolute Gasteiger partial charge is 0.251 e. The molecule has 2 unspecified atom stereocenters. The summed E-state index contributed by atoms with van der Waals surface area (Å²) in [5.74, 6) is 0. The molecule has 2 atom stereocenters. The molecule has 8 heteroatoms. The molecule has 1 aliphatic carbocycles. The Morgan fingerprint density at radius 1 is 1.59 bits per heavy atom. The predicted molar refractivity (Wildman–Crippen MR) is 72.4 cm³/mol. The summed E-state index contributed by atoms with van der Waals surface area (Å²) in [4.78, 5) is 3.76. The summed E-state index contributed by atoms with van der Waals surface area (Å²) in [5.41, 5.74) is 0. The van der Waals surface area contributed by atoms with Crippen LogP contribution in [-0.2, 0) is 10.0 Å². The Kier molecular flexibility index (Phi) is 4.35. The van der Waals surface area contributed by atoms with E-state index >= 15 is 0 Å². The average molecular weight is 313 g/mol. The minimum absolute atomic E-state index is 0.0240. The van der Waals surface area contributed by atoms with Crippen LogP contribution in [0.5, 0.6) is 0 Å². The van der Waals surface area contributed by atoms with Crippen LogP contribution >= 0.6 is 34.7 Å². The SMILES string of the molecule is CSC1CCCC1NS(=O)(=O)c1cnc(Cl)s1. The normalized spacial score (nSPS) is 25.3. The summed E-state index contributed by atoms with van der Waals surface area (Å²) in [6.07, 6.45) is 6.36. The number of sulfonamides is 1. The first-order valence-corrected chi connectivity index (χ1v) is 9.16. The second kappa shape index (κ2) is 5.44. The van der Waals surface area contributed by atoms with Crippen LogP contribution < -0.4 is 4.72 Å². The lowest BCUT2D eigenvalue weighted by atomic mass is 10.3. The highest BCUT2D eigenvalue weighted by Crippen LogP contribution is 2.30. The van der Waals surface area contributed by atoms with Gasteiger partial charge in [0.1, 0.15) is 0 Å². The van der Waals surface area contributed by atoms with E-state index in [1.54, 1.807) is 11.8 Å². The van der Waals surface area contributed by atoms with Gasteiger partial charge in [-0.3, -0.25) is 0 Å². The van der Waals surface area contributed by atoms with Crippen molar-refractivity contribution in [2.24, 2.45) is 0 Å². The van der Waals surface area contributed by atoms with Gasteiger partial charge in [0.25, 0.3) is 10.0 Å². The summed E-state index contributed by atoms with van der Waals surface area (Å²) < 4.78 is 27.3. The zero-order valence-corrected chi connectivity index (χ0v) is 12.4. The molecule has 1 aromatic heterocycles. The molecule has 0 aliphatic heterocycles. The van der Waals surface area contributed by atoms with E-state index < -0.39 is 10.0 Å². The van der Waals surface area contributed by atoms with Crippen LogP contribution in [0.2, 0.25) is 4.47 Å². The fourth-order valence-corrected chi connectivity index (χ4v) is 5.61. The van der Waals surface area contributed by atoms with Gasteiger partial charge in [-0.1, -0.05) is 29.4 Å². The number of aromatic nitrogens is 1. The molecule has 0 amide bonds. The molecule has 1 aromatic rings. The van der Waals surface area contributed by atoms with E-state index in [1.807, 2.05) is 6.26 Å². The third kappa shape index (κ3) is 3.14. The molecule has 17 heavy (non-hydrogen) atoms. The maximum atomic E-state index is 12.1. The molecule has 1 N–H and O–H groups in total. The van der Waals surface area contributed by atoms with E-state index in [0.29, 0.717) is 5.25 Å². The fourth-order valence-electron chi connectivity index (χ4n) is 1.96. The summed E-state index contributed by atoms with van der Waals surface area (Å²) in [5, 5.41) is 0.369. The number of thioether (sulfide) groups is 1. The summed E-state index contributed by atoms with van der Waals surface area (Å²) in [6, 6.07) is 0.0240. The van der Waals surface area contributed by atoms with Crippen LogP contribution in [0.25, 0.3) is 0 Å². The van der Waals surface area contributed by atoms with Gasteiger partial charge in [0, 0.05) is 11.3 Å². The molecular formula is C9H13ClN2O2S3. The van der Waals surface area contributed by atoms with Gasteiger partial charge >= 0.3 is 0 Å². The standard InChI is InChI=1S/C9H13ClN2O2S3/c1-15-7-4-2-3-6(7)12-17(13,14)8-5-11-9(10)16-8/h5-7,12H,2-4H2,1H3. The van der Waals surface area contributed by atoms with Crippen LogP contribution in [-0.4, -0.2) is 30.9 Å². The molecule has 0 radical (unpaired) electrons. The second-order valence-electron chi connectivity index (χ2n) is 3.87. The fraction of sp³-hybridized carbons (Fsp3) is 0.667. The van der Waals surface area contributed by atoms with Crippen LogP contribution in [0.15, 0.2) is 10.4 Å². The molecule has 4 nitrogen and oxygen atoms in total. The first-order valence-electron chi connectivity index (χ1n) is 5.19. The maximum absolute atomic E-state index is 12.1. The smallest absolute Gasteiger partial charge is 0.232 e. The number of halogens is 1.